The average Bonchev–Trinajstić information content (AvgIpc) is 3.63. The molecule has 0 bridgehead atoms. The smallest absolute Gasteiger partial charge is 0.327 e. The average molecular weight is 620 g/mol. The van der Waals surface area contributed by atoms with Crippen molar-refractivity contribution in [2.45, 2.75) is 45.7 Å². The summed E-state index contributed by atoms with van der Waals surface area (Å²) in [6, 6.07) is 12.5. The number of rotatable bonds is 7. The second kappa shape index (κ2) is 12.1. The number of urea groups is 1. The van der Waals surface area contributed by atoms with E-state index in [2.05, 4.69) is 10.6 Å². The first-order valence-electron chi connectivity index (χ1n) is 13.6. The summed E-state index contributed by atoms with van der Waals surface area (Å²) in [4.78, 5) is 57.1. The van der Waals surface area contributed by atoms with Crippen molar-refractivity contribution in [3.63, 3.8) is 0 Å². The predicted octanol–water partition coefficient (Wildman–Crippen LogP) is 7.16. The van der Waals surface area contributed by atoms with Crippen molar-refractivity contribution in [3.8, 4) is 0 Å². The number of hydrogen-bond donors (Lipinski definition) is 3. The molecule has 11 heteroatoms. The Morgan fingerprint density at radius 3 is 2.07 bits per heavy atom. The zero-order chi connectivity index (χ0) is 31.0. The van der Waals surface area contributed by atoms with E-state index in [1.54, 1.807) is 24.3 Å². The molecule has 222 valence electrons. The van der Waals surface area contributed by atoms with Crippen molar-refractivity contribution in [1.29, 1.82) is 0 Å². The van der Waals surface area contributed by atoms with Gasteiger partial charge in [0.05, 0.1) is 12.0 Å². The van der Waals surface area contributed by atoms with Gasteiger partial charge in [-0.1, -0.05) is 12.1 Å². The molecule has 1 aliphatic heterocycles. The Hall–Kier alpha value is -4.35. The maximum Gasteiger partial charge on any atom is 0.327 e. The van der Waals surface area contributed by atoms with E-state index >= 15 is 0 Å². The number of amides is 3. The third-order valence-corrected chi connectivity index (χ3v) is 9.70. The van der Waals surface area contributed by atoms with Crippen molar-refractivity contribution < 1.29 is 28.7 Å². The van der Waals surface area contributed by atoms with Crippen molar-refractivity contribution >= 4 is 57.7 Å². The Balaban J connectivity index is 1.71. The van der Waals surface area contributed by atoms with Crippen molar-refractivity contribution in [3.05, 3.63) is 103 Å². The lowest BCUT2D eigenvalue weighted by Gasteiger charge is -2.30. The van der Waals surface area contributed by atoms with E-state index in [-0.39, 0.29) is 17.4 Å². The summed E-state index contributed by atoms with van der Waals surface area (Å²) in [5.74, 6) is -4.13. The first-order chi connectivity index (χ1) is 20.5. The molecule has 1 fully saturated rings. The van der Waals surface area contributed by atoms with Gasteiger partial charge < -0.3 is 20.6 Å². The van der Waals surface area contributed by atoms with Crippen molar-refractivity contribution in [2.24, 2.45) is 5.92 Å². The highest BCUT2D eigenvalue weighted by atomic mass is 32.1. The molecule has 8 nitrogen and oxygen atoms in total. The molecular weight excluding hydrogens is 590 g/mol. The maximum atomic E-state index is 14.6. The molecule has 4 unspecified atom stereocenters. The van der Waals surface area contributed by atoms with Crippen LogP contribution in [-0.2, 0) is 9.59 Å². The fraction of sp³-hybridized carbons (Fsp3) is 0.250. The number of nitrogens with one attached hydrogen (secondary N) is 2. The van der Waals surface area contributed by atoms with Gasteiger partial charge in [-0.05, 0) is 85.8 Å². The Labute approximate surface area is 256 Å². The van der Waals surface area contributed by atoms with Gasteiger partial charge in [-0.2, -0.15) is 0 Å². The minimum atomic E-state index is -1.42. The number of carbonyl (C=O) groups excluding carboxylic acids is 3. The van der Waals surface area contributed by atoms with Crippen LogP contribution in [0.2, 0.25) is 0 Å². The number of carbonyl (C=O) groups is 4. The van der Waals surface area contributed by atoms with E-state index in [9.17, 15) is 28.7 Å². The van der Waals surface area contributed by atoms with Gasteiger partial charge in [0.1, 0.15) is 11.9 Å². The van der Waals surface area contributed by atoms with Crippen LogP contribution in [0.3, 0.4) is 0 Å². The van der Waals surface area contributed by atoms with Crippen LogP contribution in [0.5, 0.6) is 0 Å². The molecule has 4 aromatic rings. The number of aryl methyl sites for hydroxylation is 3. The number of thiophene rings is 2. The molecule has 1 saturated heterocycles. The third kappa shape index (κ3) is 5.95. The first kappa shape index (κ1) is 30.1. The molecule has 2 aromatic heterocycles. The van der Waals surface area contributed by atoms with Gasteiger partial charge in [-0.3, -0.25) is 9.59 Å². The zero-order valence-electron chi connectivity index (χ0n) is 23.9. The largest absolute Gasteiger partial charge is 0.480 e. The topological polar surface area (TPSA) is 116 Å². The molecule has 5 rings (SSSR count). The number of carboxylic acids is 1. The summed E-state index contributed by atoms with van der Waals surface area (Å²) in [5, 5.41) is 18.0. The number of benzene rings is 2. The molecule has 0 aliphatic carbocycles. The standard InChI is InChI=1S/C32H30FN3O5S2/c1-16-13-14-42-30(16)27-26(29(38)24-15-17(2)43-18(24)3)25(20-5-9-22(10-6-20)34-19(4)37)28(31(39)40)36(27)32(41)35-23-11-7-21(33)8-12-23/h5-15,25-28H,1-4H3,(H,34,37)(H,35,41)(H,39,40). The fourth-order valence-corrected chi connectivity index (χ4v) is 7.88. The Morgan fingerprint density at radius 2 is 1.53 bits per heavy atom. The number of ketones is 1. The lowest BCUT2D eigenvalue weighted by Crippen LogP contribution is -2.45. The minimum Gasteiger partial charge on any atom is -0.480 e. The fourth-order valence-electron chi connectivity index (χ4n) is 5.88. The number of nitrogens with zero attached hydrogens (tertiary/aromatic N) is 1. The Bertz CT molecular complexity index is 1700. The number of carboxylic acid groups (broad SMARTS) is 1. The number of halogens is 1. The van der Waals surface area contributed by atoms with E-state index in [4.69, 9.17) is 0 Å². The summed E-state index contributed by atoms with van der Waals surface area (Å²) < 4.78 is 13.6. The van der Waals surface area contributed by atoms with E-state index in [0.717, 1.165) is 15.3 Å². The lowest BCUT2D eigenvalue weighted by molar-refractivity contribution is -0.142. The molecule has 1 aliphatic rings. The van der Waals surface area contributed by atoms with Crippen LogP contribution in [0.25, 0.3) is 0 Å². The molecule has 2 aromatic carbocycles. The second-order valence-electron chi connectivity index (χ2n) is 10.6. The van der Waals surface area contributed by atoms with Gasteiger partial charge in [0, 0.05) is 44.4 Å². The van der Waals surface area contributed by atoms with Crippen LogP contribution < -0.4 is 10.6 Å². The van der Waals surface area contributed by atoms with Crippen molar-refractivity contribution in [2.75, 3.05) is 10.6 Å². The number of anilines is 2. The van der Waals surface area contributed by atoms with Crippen LogP contribution in [-0.4, -0.2) is 39.7 Å². The summed E-state index contributed by atoms with van der Waals surface area (Å²) >= 11 is 2.84. The summed E-state index contributed by atoms with van der Waals surface area (Å²) in [7, 11) is 0. The quantitative estimate of drug-likeness (QED) is 0.190. The highest BCUT2D eigenvalue weighted by molar-refractivity contribution is 7.12. The molecule has 43 heavy (non-hydrogen) atoms. The van der Waals surface area contributed by atoms with Crippen LogP contribution in [0, 0.1) is 32.5 Å². The number of likely N-dealkylation sites (tertiary alicyclic amines) is 1. The van der Waals surface area contributed by atoms with Crippen LogP contribution in [0.15, 0.2) is 66.0 Å². The first-order valence-corrected chi connectivity index (χ1v) is 15.3. The van der Waals surface area contributed by atoms with Crippen LogP contribution in [0.1, 0.15) is 55.0 Å². The second-order valence-corrected chi connectivity index (χ2v) is 13.0. The summed E-state index contributed by atoms with van der Waals surface area (Å²) in [6.07, 6.45) is 0. The third-order valence-electron chi connectivity index (χ3n) is 7.65. The van der Waals surface area contributed by atoms with Gasteiger partial charge >= 0.3 is 12.0 Å². The highest BCUT2D eigenvalue weighted by Gasteiger charge is 2.58. The van der Waals surface area contributed by atoms with Gasteiger partial charge in [-0.15, -0.1) is 22.7 Å². The monoisotopic (exact) mass is 619 g/mol. The molecule has 0 saturated carbocycles. The minimum absolute atomic E-state index is 0.251. The molecule has 3 heterocycles. The summed E-state index contributed by atoms with van der Waals surface area (Å²) in [6.45, 7) is 7.02. The van der Waals surface area contributed by atoms with Crippen molar-refractivity contribution in [1.82, 2.24) is 4.90 Å². The predicted molar refractivity (Wildman–Crippen MR) is 166 cm³/mol. The van der Waals surface area contributed by atoms with E-state index in [1.807, 2.05) is 38.3 Å². The Morgan fingerprint density at radius 1 is 0.907 bits per heavy atom. The summed E-state index contributed by atoms with van der Waals surface area (Å²) in [5.41, 5.74) is 2.67. The molecule has 3 amide bonds. The van der Waals surface area contributed by atoms with Crippen LogP contribution in [0.4, 0.5) is 20.6 Å². The van der Waals surface area contributed by atoms with E-state index in [0.29, 0.717) is 21.7 Å². The zero-order valence-corrected chi connectivity index (χ0v) is 25.5. The maximum absolute atomic E-state index is 14.6. The Kier molecular flexibility index (Phi) is 8.48. The van der Waals surface area contributed by atoms with Gasteiger partial charge in [0.2, 0.25) is 5.91 Å². The molecule has 0 spiro atoms. The van der Waals surface area contributed by atoms with E-state index < -0.39 is 41.7 Å². The van der Waals surface area contributed by atoms with Gasteiger partial charge in [0.15, 0.2) is 5.78 Å². The van der Waals surface area contributed by atoms with E-state index in [1.165, 1.54) is 58.8 Å². The normalized spacial score (nSPS) is 19.7. The SMILES string of the molecule is CC(=O)Nc1ccc(C2C(C(=O)c3cc(C)sc3C)C(c3sccc3C)N(C(=O)Nc3ccc(F)cc3)C2C(=O)O)cc1. The van der Waals surface area contributed by atoms with Crippen LogP contribution >= 0.6 is 22.7 Å². The van der Waals surface area contributed by atoms with Gasteiger partial charge in [0.25, 0.3) is 0 Å². The molecule has 3 N–H and O–H groups in total. The van der Waals surface area contributed by atoms with Gasteiger partial charge in [-0.25, -0.2) is 14.0 Å². The highest BCUT2D eigenvalue weighted by Crippen LogP contribution is 2.53. The number of Topliss-reactive ketones (excluding diaryl/α,β-unsaturated/α-hetero) is 1. The number of aliphatic carboxylic acids is 1. The lowest BCUT2D eigenvalue weighted by atomic mass is 9.77. The molecular formula is C32H30FN3O5S2. The molecule has 0 radical (unpaired) electrons. The number of hydrogen-bond acceptors (Lipinski definition) is 6. The molecule has 4 atom stereocenters.